The Morgan fingerprint density at radius 3 is 2.50 bits per heavy atom. The Labute approximate surface area is 104 Å². The first-order valence-corrected chi connectivity index (χ1v) is 5.47. The molecule has 5 nitrogen and oxygen atoms in total. The molecule has 0 radical (unpaired) electrons. The lowest BCUT2D eigenvalue weighted by molar-refractivity contribution is -0.384. The van der Waals surface area contributed by atoms with Crippen molar-refractivity contribution in [1.29, 1.82) is 0 Å². The van der Waals surface area contributed by atoms with E-state index in [1.807, 2.05) is 16.8 Å². The van der Waals surface area contributed by atoms with Crippen LogP contribution in [0.5, 0.6) is 0 Å². The lowest BCUT2D eigenvalue weighted by Crippen LogP contribution is -2.06. The topological polar surface area (TPSA) is 65.1 Å². The number of Topliss-reactive ketones (excluding diaryl/α,β-unsaturated/α-hetero) is 1. The fourth-order valence-corrected chi connectivity index (χ4v) is 1.79. The van der Waals surface area contributed by atoms with Gasteiger partial charge in [0.2, 0.25) is 0 Å². The summed E-state index contributed by atoms with van der Waals surface area (Å²) in [5.74, 6) is 0.00177. The van der Waals surface area contributed by atoms with Crippen molar-refractivity contribution >= 4 is 11.5 Å². The molecule has 0 atom stereocenters. The molecule has 2 aromatic rings. The number of aromatic nitrogens is 1. The minimum atomic E-state index is -0.430. The standard InChI is InChI=1S/C13H12N2O3/c1-10(16)13-3-2-8-14(13)9-11-4-6-12(7-5-11)15(17)18/h2-8H,9H2,1H3. The summed E-state index contributed by atoms with van der Waals surface area (Å²) in [6.45, 7) is 2.04. The van der Waals surface area contributed by atoms with Crippen molar-refractivity contribution in [3.63, 3.8) is 0 Å². The molecule has 1 heterocycles. The number of hydrogen-bond donors (Lipinski definition) is 0. The smallest absolute Gasteiger partial charge is 0.269 e. The van der Waals surface area contributed by atoms with Gasteiger partial charge in [0.05, 0.1) is 10.6 Å². The molecule has 92 valence electrons. The van der Waals surface area contributed by atoms with E-state index in [-0.39, 0.29) is 11.5 Å². The summed E-state index contributed by atoms with van der Waals surface area (Å²) in [5.41, 5.74) is 1.62. The monoisotopic (exact) mass is 244 g/mol. The number of ketones is 1. The van der Waals surface area contributed by atoms with Gasteiger partial charge in [0.25, 0.3) is 5.69 Å². The number of benzene rings is 1. The van der Waals surface area contributed by atoms with E-state index in [1.54, 1.807) is 18.2 Å². The zero-order valence-electron chi connectivity index (χ0n) is 9.87. The van der Waals surface area contributed by atoms with Crippen LogP contribution in [0.15, 0.2) is 42.6 Å². The molecule has 0 spiro atoms. The summed E-state index contributed by atoms with van der Waals surface area (Å²) >= 11 is 0. The quantitative estimate of drug-likeness (QED) is 0.471. The molecule has 0 aliphatic carbocycles. The van der Waals surface area contributed by atoms with Crippen LogP contribution in [0, 0.1) is 10.1 Å². The van der Waals surface area contributed by atoms with Gasteiger partial charge in [-0.25, -0.2) is 0 Å². The Bertz CT molecular complexity index is 585. The van der Waals surface area contributed by atoms with Crippen LogP contribution in [0.3, 0.4) is 0 Å². The Morgan fingerprint density at radius 2 is 1.94 bits per heavy atom. The molecule has 0 bridgehead atoms. The highest BCUT2D eigenvalue weighted by atomic mass is 16.6. The summed E-state index contributed by atoms with van der Waals surface area (Å²) in [5, 5.41) is 10.5. The van der Waals surface area contributed by atoms with Crippen LogP contribution >= 0.6 is 0 Å². The molecule has 0 saturated carbocycles. The first kappa shape index (κ1) is 12.0. The average Bonchev–Trinajstić information content (AvgIpc) is 2.78. The molecular weight excluding hydrogens is 232 g/mol. The number of nitro groups is 1. The molecule has 1 aromatic carbocycles. The summed E-state index contributed by atoms with van der Waals surface area (Å²) < 4.78 is 1.82. The molecule has 18 heavy (non-hydrogen) atoms. The zero-order chi connectivity index (χ0) is 13.1. The highest BCUT2D eigenvalue weighted by molar-refractivity contribution is 5.92. The summed E-state index contributed by atoms with van der Waals surface area (Å²) in [4.78, 5) is 21.4. The number of carbonyl (C=O) groups is 1. The summed E-state index contributed by atoms with van der Waals surface area (Å²) in [6, 6.07) is 9.89. The van der Waals surface area contributed by atoms with Crippen LogP contribution in [-0.2, 0) is 6.54 Å². The van der Waals surface area contributed by atoms with Gasteiger partial charge in [-0.2, -0.15) is 0 Å². The van der Waals surface area contributed by atoms with E-state index >= 15 is 0 Å². The molecule has 0 fully saturated rings. The van der Waals surface area contributed by atoms with Crippen LogP contribution in [0.4, 0.5) is 5.69 Å². The molecule has 1 aromatic heterocycles. The summed E-state index contributed by atoms with van der Waals surface area (Å²) in [7, 11) is 0. The van der Waals surface area contributed by atoms with Gasteiger partial charge in [0.1, 0.15) is 0 Å². The number of nitrogens with zero attached hydrogens (tertiary/aromatic N) is 2. The molecule has 0 saturated heterocycles. The molecule has 0 aliphatic rings. The summed E-state index contributed by atoms with van der Waals surface area (Å²) in [6.07, 6.45) is 1.82. The van der Waals surface area contributed by atoms with E-state index < -0.39 is 4.92 Å². The third kappa shape index (κ3) is 2.45. The van der Waals surface area contributed by atoms with Crippen molar-refractivity contribution in [2.24, 2.45) is 0 Å². The lowest BCUT2D eigenvalue weighted by Gasteiger charge is -2.06. The molecule has 0 unspecified atom stereocenters. The van der Waals surface area contributed by atoms with Crippen molar-refractivity contribution in [2.45, 2.75) is 13.5 Å². The van der Waals surface area contributed by atoms with E-state index in [1.165, 1.54) is 19.1 Å². The fourth-order valence-electron chi connectivity index (χ4n) is 1.79. The maximum atomic E-state index is 11.4. The second-order valence-corrected chi connectivity index (χ2v) is 4.00. The largest absolute Gasteiger partial charge is 0.341 e. The van der Waals surface area contributed by atoms with Gasteiger partial charge >= 0.3 is 0 Å². The highest BCUT2D eigenvalue weighted by Gasteiger charge is 2.07. The first-order valence-electron chi connectivity index (χ1n) is 5.47. The van der Waals surface area contributed by atoms with Crippen molar-refractivity contribution in [2.75, 3.05) is 0 Å². The number of carbonyl (C=O) groups excluding carboxylic acids is 1. The van der Waals surface area contributed by atoms with Gasteiger partial charge in [0, 0.05) is 31.8 Å². The number of rotatable bonds is 4. The minimum Gasteiger partial charge on any atom is -0.341 e. The second kappa shape index (κ2) is 4.83. The molecule has 2 rings (SSSR count). The number of hydrogen-bond acceptors (Lipinski definition) is 3. The highest BCUT2D eigenvalue weighted by Crippen LogP contribution is 2.14. The normalized spacial score (nSPS) is 10.3. The van der Waals surface area contributed by atoms with E-state index in [0.29, 0.717) is 12.2 Å². The van der Waals surface area contributed by atoms with Gasteiger partial charge in [-0.3, -0.25) is 14.9 Å². The van der Waals surface area contributed by atoms with E-state index in [4.69, 9.17) is 0 Å². The van der Waals surface area contributed by atoms with Gasteiger partial charge in [-0.1, -0.05) is 12.1 Å². The van der Waals surface area contributed by atoms with E-state index in [9.17, 15) is 14.9 Å². The SMILES string of the molecule is CC(=O)c1cccn1Cc1ccc([N+](=O)[O-])cc1. The number of nitro benzene ring substituents is 1. The lowest BCUT2D eigenvalue weighted by atomic mass is 10.2. The van der Waals surface area contributed by atoms with E-state index in [0.717, 1.165) is 5.56 Å². The Hall–Kier alpha value is -2.43. The molecule has 5 heteroatoms. The Kier molecular flexibility index (Phi) is 3.23. The predicted molar refractivity (Wildman–Crippen MR) is 66.6 cm³/mol. The second-order valence-electron chi connectivity index (χ2n) is 4.00. The molecular formula is C13H12N2O3. The van der Waals surface area contributed by atoms with E-state index in [2.05, 4.69) is 0 Å². The van der Waals surface area contributed by atoms with Crippen molar-refractivity contribution in [1.82, 2.24) is 4.57 Å². The predicted octanol–water partition coefficient (Wildman–Crippen LogP) is 2.65. The molecule has 0 N–H and O–H groups in total. The van der Waals surface area contributed by atoms with Crippen LogP contribution in [0.2, 0.25) is 0 Å². The third-order valence-electron chi connectivity index (χ3n) is 2.69. The Morgan fingerprint density at radius 1 is 1.28 bits per heavy atom. The van der Waals surface area contributed by atoms with Crippen LogP contribution in [0.1, 0.15) is 23.0 Å². The average molecular weight is 244 g/mol. The minimum absolute atomic E-state index is 0.00177. The first-order chi connectivity index (χ1) is 8.58. The van der Waals surface area contributed by atoms with Gasteiger partial charge in [-0.05, 0) is 17.7 Å². The third-order valence-corrected chi connectivity index (χ3v) is 2.69. The van der Waals surface area contributed by atoms with Crippen LogP contribution in [0.25, 0.3) is 0 Å². The Balaban J connectivity index is 2.21. The zero-order valence-corrected chi connectivity index (χ0v) is 9.87. The maximum Gasteiger partial charge on any atom is 0.269 e. The van der Waals surface area contributed by atoms with Crippen molar-refractivity contribution in [3.05, 3.63) is 64.0 Å². The van der Waals surface area contributed by atoms with Crippen LogP contribution in [-0.4, -0.2) is 15.3 Å². The maximum absolute atomic E-state index is 11.4. The molecule has 0 amide bonds. The molecule has 0 aliphatic heterocycles. The van der Waals surface area contributed by atoms with Crippen molar-refractivity contribution in [3.8, 4) is 0 Å². The van der Waals surface area contributed by atoms with Crippen LogP contribution < -0.4 is 0 Å². The van der Waals surface area contributed by atoms with Gasteiger partial charge in [-0.15, -0.1) is 0 Å². The number of non-ortho nitro benzene ring substituents is 1. The fraction of sp³-hybridized carbons (Fsp3) is 0.154. The van der Waals surface area contributed by atoms with Gasteiger partial charge in [0.15, 0.2) is 5.78 Å². The van der Waals surface area contributed by atoms with Crippen molar-refractivity contribution < 1.29 is 9.72 Å². The van der Waals surface area contributed by atoms with Gasteiger partial charge < -0.3 is 4.57 Å².